The number of nitrogens with one attached hydrogen (secondary N) is 2. The van der Waals surface area contributed by atoms with Crippen LogP contribution < -0.4 is 10.6 Å². The van der Waals surface area contributed by atoms with Crippen LogP contribution >= 0.6 is 24.4 Å². The zero-order chi connectivity index (χ0) is 29.9. The highest BCUT2D eigenvalue weighted by atomic mass is 32.1. The first-order valence-electron chi connectivity index (χ1n) is 13.8. The number of benzene rings is 4. The molecule has 4 rings (SSSR count). The van der Waals surface area contributed by atoms with E-state index in [1.165, 1.54) is 0 Å². The first kappa shape index (κ1) is 30.6. The molecule has 6 nitrogen and oxygen atoms in total. The monoisotopic (exact) mass is 594 g/mol. The molecule has 214 valence electrons. The Morgan fingerprint density at radius 1 is 0.548 bits per heavy atom. The predicted octanol–water partition coefficient (Wildman–Crippen LogP) is 6.54. The van der Waals surface area contributed by atoms with Crippen molar-refractivity contribution in [3.63, 3.8) is 0 Å². The van der Waals surface area contributed by atoms with E-state index >= 15 is 0 Å². The summed E-state index contributed by atoms with van der Waals surface area (Å²) in [6, 6.07) is 37.7. The highest BCUT2D eigenvalue weighted by Crippen LogP contribution is 2.24. The zero-order valence-electron chi connectivity index (χ0n) is 23.6. The molecular weight excluding hydrogens is 561 g/mol. The van der Waals surface area contributed by atoms with Crippen molar-refractivity contribution in [1.29, 1.82) is 0 Å². The third-order valence-corrected chi connectivity index (χ3v) is 7.79. The summed E-state index contributed by atoms with van der Waals surface area (Å²) in [6.07, 6.45) is 0. The Balaban J connectivity index is 1.58. The molecule has 2 amide bonds. The van der Waals surface area contributed by atoms with Gasteiger partial charge in [-0.15, -0.1) is 0 Å². The van der Waals surface area contributed by atoms with E-state index in [4.69, 9.17) is 24.4 Å². The number of thiocarbonyl (C=S) groups is 2. The van der Waals surface area contributed by atoms with Gasteiger partial charge in [0.05, 0.1) is 12.1 Å². The van der Waals surface area contributed by atoms with Crippen molar-refractivity contribution in [3.8, 4) is 0 Å². The van der Waals surface area contributed by atoms with E-state index in [2.05, 4.69) is 24.5 Å². The Labute approximate surface area is 258 Å². The van der Waals surface area contributed by atoms with Crippen molar-refractivity contribution in [2.24, 2.45) is 0 Å². The van der Waals surface area contributed by atoms with Gasteiger partial charge in [-0.2, -0.15) is 0 Å². The maximum absolute atomic E-state index is 13.0. The SMILES string of the molecule is CC(c1ccccc1)N(CCN(C(=S)NC(=O)c1ccccc1)C(C)c1ccccc1)C(=S)NC(=O)c1ccccc1. The number of hydrogen-bond donors (Lipinski definition) is 2. The summed E-state index contributed by atoms with van der Waals surface area (Å²) in [7, 11) is 0. The van der Waals surface area contributed by atoms with E-state index in [9.17, 15) is 9.59 Å². The fourth-order valence-electron chi connectivity index (χ4n) is 4.64. The van der Waals surface area contributed by atoms with Gasteiger partial charge < -0.3 is 9.80 Å². The third-order valence-electron chi connectivity index (χ3n) is 7.12. The smallest absolute Gasteiger partial charge is 0.257 e. The van der Waals surface area contributed by atoms with Crippen LogP contribution in [0.3, 0.4) is 0 Å². The highest BCUT2D eigenvalue weighted by molar-refractivity contribution is 7.80. The Kier molecular flexibility index (Phi) is 10.9. The Morgan fingerprint density at radius 2 is 0.833 bits per heavy atom. The van der Waals surface area contributed by atoms with E-state index in [1.54, 1.807) is 24.3 Å². The fourth-order valence-corrected chi connectivity index (χ4v) is 5.33. The van der Waals surface area contributed by atoms with Crippen LogP contribution in [-0.4, -0.2) is 44.9 Å². The molecule has 0 saturated carbocycles. The maximum atomic E-state index is 13.0. The lowest BCUT2D eigenvalue weighted by molar-refractivity contribution is 0.0960. The maximum Gasteiger partial charge on any atom is 0.257 e. The lowest BCUT2D eigenvalue weighted by atomic mass is 10.1. The second-order valence-corrected chi connectivity index (χ2v) is 10.6. The molecule has 2 N–H and O–H groups in total. The van der Waals surface area contributed by atoms with E-state index in [-0.39, 0.29) is 23.9 Å². The molecule has 4 aromatic rings. The van der Waals surface area contributed by atoms with Gasteiger partial charge in [0.1, 0.15) is 0 Å². The van der Waals surface area contributed by atoms with Crippen molar-refractivity contribution in [3.05, 3.63) is 144 Å². The van der Waals surface area contributed by atoms with Crippen LogP contribution in [0, 0.1) is 0 Å². The normalized spacial score (nSPS) is 12.0. The molecule has 8 heteroatoms. The van der Waals surface area contributed by atoms with Crippen molar-refractivity contribution < 1.29 is 9.59 Å². The number of carbonyl (C=O) groups excluding carboxylic acids is 2. The second kappa shape index (κ2) is 15.0. The van der Waals surface area contributed by atoms with Crippen LogP contribution in [-0.2, 0) is 0 Å². The van der Waals surface area contributed by atoms with Gasteiger partial charge in [-0.1, -0.05) is 97.1 Å². The number of rotatable bonds is 9. The summed E-state index contributed by atoms with van der Waals surface area (Å²) in [5, 5.41) is 6.45. The first-order valence-corrected chi connectivity index (χ1v) is 14.6. The van der Waals surface area contributed by atoms with Crippen LogP contribution in [0.4, 0.5) is 0 Å². The lowest BCUT2D eigenvalue weighted by Gasteiger charge is -2.37. The van der Waals surface area contributed by atoms with E-state index in [0.717, 1.165) is 11.1 Å². The van der Waals surface area contributed by atoms with Gasteiger partial charge >= 0.3 is 0 Å². The van der Waals surface area contributed by atoms with Crippen molar-refractivity contribution in [2.45, 2.75) is 25.9 Å². The summed E-state index contributed by atoms with van der Waals surface area (Å²) in [6.45, 7) is 4.97. The topological polar surface area (TPSA) is 64.7 Å². The largest absolute Gasteiger partial charge is 0.340 e. The van der Waals surface area contributed by atoms with Crippen molar-refractivity contribution >= 4 is 46.5 Å². The summed E-state index contributed by atoms with van der Waals surface area (Å²) in [4.78, 5) is 30.0. The molecule has 42 heavy (non-hydrogen) atoms. The number of nitrogens with zero attached hydrogens (tertiary/aromatic N) is 2. The quantitative estimate of drug-likeness (QED) is 0.215. The highest BCUT2D eigenvalue weighted by Gasteiger charge is 2.25. The van der Waals surface area contributed by atoms with Gasteiger partial charge in [0.25, 0.3) is 11.8 Å². The van der Waals surface area contributed by atoms with E-state index in [0.29, 0.717) is 34.4 Å². The summed E-state index contributed by atoms with van der Waals surface area (Å²) < 4.78 is 0. The molecule has 0 bridgehead atoms. The molecular formula is C34H34N4O2S2. The molecule has 2 atom stereocenters. The van der Waals surface area contributed by atoms with Crippen molar-refractivity contribution in [2.75, 3.05) is 13.1 Å². The van der Waals surface area contributed by atoms with Gasteiger partial charge in [0, 0.05) is 24.2 Å². The van der Waals surface area contributed by atoms with Gasteiger partial charge in [-0.05, 0) is 73.7 Å². The molecule has 0 aromatic heterocycles. The van der Waals surface area contributed by atoms with E-state index < -0.39 is 0 Å². The molecule has 0 aliphatic rings. The molecule has 4 aromatic carbocycles. The molecule has 0 saturated heterocycles. The van der Waals surface area contributed by atoms with Gasteiger partial charge in [-0.3, -0.25) is 20.2 Å². The molecule has 0 fully saturated rings. The molecule has 0 spiro atoms. The van der Waals surface area contributed by atoms with Crippen LogP contribution in [0.5, 0.6) is 0 Å². The molecule has 0 heterocycles. The average Bonchev–Trinajstić information content (AvgIpc) is 3.04. The molecule has 0 aliphatic heterocycles. The lowest BCUT2D eigenvalue weighted by Crippen LogP contribution is -2.50. The average molecular weight is 595 g/mol. The Bertz CT molecular complexity index is 1370. The summed E-state index contributed by atoms with van der Waals surface area (Å²) in [5.74, 6) is -0.544. The minimum Gasteiger partial charge on any atom is -0.340 e. The Morgan fingerprint density at radius 3 is 1.14 bits per heavy atom. The van der Waals surface area contributed by atoms with Crippen LogP contribution in [0.1, 0.15) is 57.8 Å². The standard InChI is InChI=1S/C34H34N4O2S2/c1-25(27-15-7-3-8-16-27)37(33(41)35-31(39)29-19-11-5-12-20-29)23-24-38(26(2)28-17-9-4-10-18-28)34(42)36-32(40)30-21-13-6-14-22-30/h3-22,25-26H,23-24H2,1-2H3,(H,35,39,41)(H,36,40,42). The summed E-state index contributed by atoms with van der Waals surface area (Å²) in [5.41, 5.74) is 3.15. The van der Waals surface area contributed by atoms with Crippen LogP contribution in [0.2, 0.25) is 0 Å². The fraction of sp³-hybridized carbons (Fsp3) is 0.176. The van der Waals surface area contributed by atoms with Gasteiger partial charge in [0.2, 0.25) is 0 Å². The van der Waals surface area contributed by atoms with Crippen LogP contribution in [0.25, 0.3) is 0 Å². The minimum absolute atomic E-state index is 0.142. The van der Waals surface area contributed by atoms with Crippen molar-refractivity contribution in [1.82, 2.24) is 20.4 Å². The number of carbonyl (C=O) groups is 2. The van der Waals surface area contributed by atoms with Gasteiger partial charge in [0.15, 0.2) is 10.2 Å². The number of amides is 2. The Hall–Kier alpha value is -4.40. The minimum atomic E-state index is -0.272. The second-order valence-electron chi connectivity index (χ2n) is 9.81. The third kappa shape index (κ3) is 8.09. The first-order chi connectivity index (χ1) is 20.3. The molecule has 2 unspecified atom stereocenters. The number of hydrogen-bond acceptors (Lipinski definition) is 4. The molecule has 0 radical (unpaired) electrons. The predicted molar refractivity (Wildman–Crippen MR) is 176 cm³/mol. The van der Waals surface area contributed by atoms with E-state index in [1.807, 2.05) is 107 Å². The summed E-state index contributed by atoms with van der Waals surface area (Å²) >= 11 is 11.6. The van der Waals surface area contributed by atoms with Gasteiger partial charge in [-0.25, -0.2) is 0 Å². The zero-order valence-corrected chi connectivity index (χ0v) is 25.3. The molecule has 0 aliphatic carbocycles. The van der Waals surface area contributed by atoms with Crippen LogP contribution in [0.15, 0.2) is 121 Å².